The molecule has 0 fully saturated rings. The van der Waals surface area contributed by atoms with E-state index < -0.39 is 32.5 Å². The highest BCUT2D eigenvalue weighted by atomic mass is 32.2. The third kappa shape index (κ3) is 6.36. The Labute approximate surface area is 222 Å². The molecule has 1 heterocycles. The average molecular weight is 551 g/mol. The summed E-state index contributed by atoms with van der Waals surface area (Å²) in [5.74, 6) is -0.417. The van der Waals surface area contributed by atoms with Crippen LogP contribution in [0.25, 0.3) is 0 Å². The van der Waals surface area contributed by atoms with Gasteiger partial charge in [0.1, 0.15) is 12.4 Å². The van der Waals surface area contributed by atoms with Gasteiger partial charge >= 0.3 is 0 Å². The van der Waals surface area contributed by atoms with Crippen LogP contribution < -0.4 is 14.3 Å². The quantitative estimate of drug-likeness (QED) is 0.320. The molecule has 0 aliphatic heterocycles. The van der Waals surface area contributed by atoms with Crippen molar-refractivity contribution in [3.05, 3.63) is 108 Å². The van der Waals surface area contributed by atoms with Crippen molar-refractivity contribution in [2.45, 2.75) is 23.6 Å². The first kappa shape index (κ1) is 26.8. The van der Waals surface area contributed by atoms with E-state index in [9.17, 15) is 21.6 Å². The van der Waals surface area contributed by atoms with Crippen molar-refractivity contribution in [3.63, 3.8) is 0 Å². The monoisotopic (exact) mass is 550 g/mol. The van der Waals surface area contributed by atoms with Crippen LogP contribution in [0.2, 0.25) is 0 Å². The van der Waals surface area contributed by atoms with E-state index in [4.69, 9.17) is 0 Å². The maximum Gasteiger partial charge on any atom is 0.264 e. The summed E-state index contributed by atoms with van der Waals surface area (Å²) < 4.78 is 55.6. The highest BCUT2D eigenvalue weighted by Gasteiger charge is 2.27. The summed E-state index contributed by atoms with van der Waals surface area (Å²) in [7, 11) is -7.93. The number of aryl methyl sites for hydroxylation is 2. The van der Waals surface area contributed by atoms with Crippen LogP contribution in [0.3, 0.4) is 0 Å². The van der Waals surface area contributed by atoms with Crippen molar-refractivity contribution in [1.29, 1.82) is 0 Å². The van der Waals surface area contributed by atoms with E-state index in [1.165, 1.54) is 48.7 Å². The van der Waals surface area contributed by atoms with E-state index in [2.05, 4.69) is 15.0 Å². The Morgan fingerprint density at radius 3 is 1.92 bits per heavy atom. The molecule has 9 nitrogen and oxygen atoms in total. The third-order valence-electron chi connectivity index (χ3n) is 5.57. The lowest BCUT2D eigenvalue weighted by Crippen LogP contribution is -2.38. The molecule has 3 aromatic carbocycles. The van der Waals surface area contributed by atoms with Crippen molar-refractivity contribution in [1.82, 2.24) is 4.98 Å². The second-order valence-electron chi connectivity index (χ2n) is 8.55. The van der Waals surface area contributed by atoms with Crippen molar-refractivity contribution >= 4 is 43.1 Å². The molecule has 0 unspecified atom stereocenters. The van der Waals surface area contributed by atoms with E-state index in [-0.39, 0.29) is 15.6 Å². The van der Waals surface area contributed by atoms with Gasteiger partial charge in [-0.15, -0.1) is 0 Å². The van der Waals surface area contributed by atoms with Crippen LogP contribution >= 0.6 is 0 Å². The van der Waals surface area contributed by atoms with Gasteiger partial charge in [-0.1, -0.05) is 41.5 Å². The summed E-state index contributed by atoms with van der Waals surface area (Å²) in [6.07, 6.45) is 1.47. The molecule has 0 saturated carbocycles. The Bertz CT molecular complexity index is 1620. The minimum absolute atomic E-state index is 0.0237. The number of nitrogens with zero attached hydrogens (tertiary/aromatic N) is 2. The van der Waals surface area contributed by atoms with Gasteiger partial charge < -0.3 is 5.32 Å². The summed E-state index contributed by atoms with van der Waals surface area (Å²) >= 11 is 0. The van der Waals surface area contributed by atoms with Crippen LogP contribution in [0, 0.1) is 13.8 Å². The van der Waals surface area contributed by atoms with E-state index >= 15 is 0 Å². The van der Waals surface area contributed by atoms with E-state index in [0.29, 0.717) is 11.4 Å². The van der Waals surface area contributed by atoms with Gasteiger partial charge in [0.15, 0.2) is 0 Å². The molecule has 0 spiro atoms. The number of rotatable bonds is 9. The van der Waals surface area contributed by atoms with Crippen LogP contribution in [0.4, 0.5) is 17.2 Å². The molecule has 11 heteroatoms. The van der Waals surface area contributed by atoms with Crippen molar-refractivity contribution in [2.24, 2.45) is 0 Å². The smallest absolute Gasteiger partial charge is 0.264 e. The standard InChI is InChI=1S/C27H26N4O5S2/c1-20-6-12-23(13-7-20)31(38(35,36)25-14-8-21(2)9-15-25)19-27(32)29-22-10-16-24(17-11-22)37(33,34)30-26-5-3-4-18-28-26/h3-18H,19H2,1-2H3,(H,28,30)(H,29,32). The molecule has 0 saturated heterocycles. The molecule has 38 heavy (non-hydrogen) atoms. The zero-order chi connectivity index (χ0) is 27.3. The number of aromatic nitrogens is 1. The third-order valence-corrected chi connectivity index (χ3v) is 8.73. The summed E-state index contributed by atoms with van der Waals surface area (Å²) in [6, 6.07) is 23.6. The number of hydrogen-bond donors (Lipinski definition) is 2. The zero-order valence-electron chi connectivity index (χ0n) is 20.7. The van der Waals surface area contributed by atoms with Crippen LogP contribution in [0.5, 0.6) is 0 Å². The highest BCUT2D eigenvalue weighted by molar-refractivity contribution is 7.93. The number of pyridine rings is 1. The number of nitrogens with one attached hydrogen (secondary N) is 2. The molecule has 0 atom stereocenters. The van der Waals surface area contributed by atoms with Crippen molar-refractivity contribution < 1.29 is 21.6 Å². The minimum atomic E-state index is -4.05. The van der Waals surface area contributed by atoms with E-state index in [0.717, 1.165) is 15.4 Å². The highest BCUT2D eigenvalue weighted by Crippen LogP contribution is 2.25. The Balaban J connectivity index is 1.53. The number of carbonyl (C=O) groups is 1. The summed E-state index contributed by atoms with van der Waals surface area (Å²) in [4.78, 5) is 16.9. The molecule has 0 aliphatic carbocycles. The molecule has 0 radical (unpaired) electrons. The van der Waals surface area contributed by atoms with Crippen molar-refractivity contribution in [2.75, 3.05) is 20.9 Å². The molecule has 4 rings (SSSR count). The van der Waals surface area contributed by atoms with Crippen LogP contribution in [-0.4, -0.2) is 34.3 Å². The van der Waals surface area contributed by atoms with Crippen LogP contribution in [0.1, 0.15) is 11.1 Å². The Hall–Kier alpha value is -4.22. The van der Waals surface area contributed by atoms with Gasteiger partial charge in [0.25, 0.3) is 20.0 Å². The van der Waals surface area contributed by atoms with Gasteiger partial charge in [-0.2, -0.15) is 0 Å². The molecule has 0 bridgehead atoms. The lowest BCUT2D eigenvalue weighted by Gasteiger charge is -2.24. The molecule has 1 amide bonds. The van der Waals surface area contributed by atoms with Gasteiger partial charge in [0.05, 0.1) is 15.5 Å². The number of hydrogen-bond acceptors (Lipinski definition) is 6. The van der Waals surface area contributed by atoms with Crippen molar-refractivity contribution in [3.8, 4) is 0 Å². The van der Waals surface area contributed by atoms with Gasteiger partial charge in [-0.25, -0.2) is 21.8 Å². The number of carbonyl (C=O) groups excluding carboxylic acids is 1. The largest absolute Gasteiger partial charge is 0.325 e. The molecular weight excluding hydrogens is 524 g/mol. The van der Waals surface area contributed by atoms with Crippen LogP contribution in [-0.2, 0) is 24.8 Å². The fourth-order valence-electron chi connectivity index (χ4n) is 3.53. The van der Waals surface area contributed by atoms with Crippen LogP contribution in [0.15, 0.2) is 107 Å². The predicted octanol–water partition coefficient (Wildman–Crippen LogP) is 4.33. The molecule has 0 aliphatic rings. The topological polar surface area (TPSA) is 126 Å². The maximum absolute atomic E-state index is 13.5. The Morgan fingerprint density at radius 2 is 1.34 bits per heavy atom. The first-order chi connectivity index (χ1) is 18.0. The molecule has 196 valence electrons. The zero-order valence-corrected chi connectivity index (χ0v) is 22.3. The first-order valence-corrected chi connectivity index (χ1v) is 14.5. The van der Waals surface area contributed by atoms with Gasteiger partial charge in [0.2, 0.25) is 5.91 Å². The van der Waals surface area contributed by atoms with E-state index in [1.54, 1.807) is 48.5 Å². The number of benzene rings is 3. The summed E-state index contributed by atoms with van der Waals surface area (Å²) in [5.41, 5.74) is 2.50. The SMILES string of the molecule is Cc1ccc(N(CC(=O)Nc2ccc(S(=O)(=O)Nc3ccccn3)cc2)S(=O)(=O)c2ccc(C)cc2)cc1. The molecule has 2 N–H and O–H groups in total. The fourth-order valence-corrected chi connectivity index (χ4v) is 5.96. The Kier molecular flexibility index (Phi) is 7.79. The minimum Gasteiger partial charge on any atom is -0.325 e. The predicted molar refractivity (Wildman–Crippen MR) is 147 cm³/mol. The second kappa shape index (κ2) is 11.0. The average Bonchev–Trinajstić information content (AvgIpc) is 2.89. The second-order valence-corrected chi connectivity index (χ2v) is 12.1. The maximum atomic E-state index is 13.5. The van der Waals surface area contributed by atoms with Gasteiger partial charge in [-0.3, -0.25) is 13.8 Å². The molecular formula is C27H26N4O5S2. The molecule has 4 aromatic rings. The van der Waals surface area contributed by atoms with Gasteiger partial charge in [0, 0.05) is 11.9 Å². The lowest BCUT2D eigenvalue weighted by molar-refractivity contribution is -0.114. The normalized spacial score (nSPS) is 11.5. The van der Waals surface area contributed by atoms with E-state index in [1.807, 2.05) is 13.8 Å². The number of sulfonamides is 2. The van der Waals surface area contributed by atoms with Gasteiger partial charge in [-0.05, 0) is 74.5 Å². The number of amides is 1. The summed E-state index contributed by atoms with van der Waals surface area (Å²) in [6.45, 7) is 3.25. The fraction of sp³-hybridized carbons (Fsp3) is 0.111. The Morgan fingerprint density at radius 1 is 0.763 bits per heavy atom. The first-order valence-electron chi connectivity index (χ1n) is 11.5. The summed E-state index contributed by atoms with van der Waals surface area (Å²) in [5, 5.41) is 2.64. The number of anilines is 3. The molecule has 1 aromatic heterocycles. The lowest BCUT2D eigenvalue weighted by atomic mass is 10.2.